The number of amides is 2. The van der Waals surface area contributed by atoms with Crippen LogP contribution in [-0.4, -0.2) is 41.9 Å². The molecule has 0 spiro atoms. The molecule has 0 aromatic heterocycles. The number of para-hydroxylation sites is 1. The third-order valence-corrected chi connectivity index (χ3v) is 5.05. The van der Waals surface area contributed by atoms with Crippen molar-refractivity contribution in [2.24, 2.45) is 5.92 Å². The van der Waals surface area contributed by atoms with Gasteiger partial charge in [-0.25, -0.2) is 0 Å². The van der Waals surface area contributed by atoms with Crippen LogP contribution in [0.1, 0.15) is 45.4 Å². The van der Waals surface area contributed by atoms with Gasteiger partial charge in [-0.1, -0.05) is 18.2 Å². The number of rotatable bonds is 7. The number of hydrogen-bond donors (Lipinski definition) is 1. The van der Waals surface area contributed by atoms with Crippen LogP contribution < -0.4 is 10.1 Å². The summed E-state index contributed by atoms with van der Waals surface area (Å²) >= 11 is 0. The van der Waals surface area contributed by atoms with Gasteiger partial charge in [0.15, 0.2) is 6.10 Å². The second kappa shape index (κ2) is 8.37. The maximum absolute atomic E-state index is 12.5. The molecule has 5 heteroatoms. The lowest BCUT2D eigenvalue weighted by Crippen LogP contribution is -2.44. The lowest BCUT2D eigenvalue weighted by Gasteiger charge is -2.33. The van der Waals surface area contributed by atoms with Gasteiger partial charge in [-0.15, -0.1) is 0 Å². The third kappa shape index (κ3) is 5.48. The van der Waals surface area contributed by atoms with Crippen LogP contribution in [0.15, 0.2) is 30.3 Å². The Balaban J connectivity index is 1.37. The summed E-state index contributed by atoms with van der Waals surface area (Å²) in [6.45, 7) is 3.33. The Kier molecular flexibility index (Phi) is 5.95. The number of nitrogens with zero attached hydrogens (tertiary/aromatic N) is 1. The molecule has 2 aliphatic rings. The minimum atomic E-state index is -0.469. The molecule has 1 heterocycles. The smallest absolute Gasteiger partial charge is 0.263 e. The lowest BCUT2D eigenvalue weighted by molar-refractivity contribution is -0.139. The van der Waals surface area contributed by atoms with Gasteiger partial charge in [0.1, 0.15) is 5.75 Å². The van der Waals surface area contributed by atoms with E-state index in [1.807, 2.05) is 42.2 Å². The second-order valence-corrected chi connectivity index (χ2v) is 7.22. The molecule has 1 aliphatic carbocycles. The molecule has 2 fully saturated rings. The van der Waals surface area contributed by atoms with Gasteiger partial charge in [-0.2, -0.15) is 0 Å². The van der Waals surface area contributed by atoms with Crippen molar-refractivity contribution in [1.29, 1.82) is 0 Å². The summed E-state index contributed by atoms with van der Waals surface area (Å²) < 4.78 is 5.73. The zero-order valence-electron chi connectivity index (χ0n) is 14.9. The molecule has 0 radical (unpaired) electrons. The first kappa shape index (κ1) is 17.8. The van der Waals surface area contributed by atoms with E-state index in [-0.39, 0.29) is 11.8 Å². The topological polar surface area (TPSA) is 58.6 Å². The molecule has 1 aromatic rings. The van der Waals surface area contributed by atoms with Crippen LogP contribution in [0, 0.1) is 5.92 Å². The first-order valence-corrected chi connectivity index (χ1v) is 9.41. The fraction of sp³-hybridized carbons (Fsp3) is 0.600. The van der Waals surface area contributed by atoms with Crippen molar-refractivity contribution in [1.82, 2.24) is 10.2 Å². The highest BCUT2D eigenvalue weighted by Crippen LogP contribution is 2.24. The van der Waals surface area contributed by atoms with Crippen LogP contribution in [0.5, 0.6) is 5.75 Å². The van der Waals surface area contributed by atoms with Gasteiger partial charge in [-0.05, 0) is 57.1 Å². The van der Waals surface area contributed by atoms with Crippen LogP contribution in [0.2, 0.25) is 0 Å². The molecule has 1 saturated carbocycles. The molecule has 1 atom stereocenters. The largest absolute Gasteiger partial charge is 0.481 e. The highest BCUT2D eigenvalue weighted by Gasteiger charge is 2.28. The van der Waals surface area contributed by atoms with Crippen molar-refractivity contribution >= 4 is 11.8 Å². The van der Waals surface area contributed by atoms with Crippen LogP contribution in [0.3, 0.4) is 0 Å². The highest BCUT2D eigenvalue weighted by atomic mass is 16.5. The van der Waals surface area contributed by atoms with Crippen molar-refractivity contribution in [3.63, 3.8) is 0 Å². The van der Waals surface area contributed by atoms with Gasteiger partial charge in [0.05, 0.1) is 0 Å². The van der Waals surface area contributed by atoms with Crippen molar-refractivity contribution in [3.8, 4) is 5.75 Å². The fourth-order valence-corrected chi connectivity index (χ4v) is 3.32. The summed E-state index contributed by atoms with van der Waals surface area (Å²) in [6.07, 6.45) is 5.29. The summed E-state index contributed by atoms with van der Waals surface area (Å²) in [4.78, 5) is 26.2. The average molecular weight is 344 g/mol. The van der Waals surface area contributed by atoms with Crippen LogP contribution in [0.25, 0.3) is 0 Å². The van der Waals surface area contributed by atoms with Gasteiger partial charge < -0.3 is 15.0 Å². The molecule has 1 aliphatic heterocycles. The Labute approximate surface area is 149 Å². The monoisotopic (exact) mass is 344 g/mol. The van der Waals surface area contributed by atoms with Gasteiger partial charge in [0.25, 0.3) is 5.91 Å². The normalized spacial score (nSPS) is 19.3. The summed E-state index contributed by atoms with van der Waals surface area (Å²) in [5.41, 5.74) is 0. The molecule has 25 heavy (non-hydrogen) atoms. The van der Waals surface area contributed by atoms with E-state index in [2.05, 4.69) is 5.32 Å². The number of nitrogens with one attached hydrogen (secondary N) is 1. The standard InChI is InChI=1S/C20H28N2O3/c1-15(25-18-5-3-2-4-6-18)20(24)22-13-11-16(12-14-22)7-10-19(23)21-17-8-9-17/h2-6,15-17H,7-14H2,1H3,(H,21,23)/t15-/m1/s1. The second-order valence-electron chi connectivity index (χ2n) is 7.22. The number of piperidine rings is 1. The predicted molar refractivity (Wildman–Crippen MR) is 96.2 cm³/mol. The molecular weight excluding hydrogens is 316 g/mol. The van der Waals surface area contributed by atoms with Crippen molar-refractivity contribution in [2.75, 3.05) is 13.1 Å². The summed E-state index contributed by atoms with van der Waals surface area (Å²) in [6, 6.07) is 9.90. The molecule has 2 amide bonds. The Bertz CT molecular complexity index is 578. The van der Waals surface area contributed by atoms with Crippen LogP contribution in [0.4, 0.5) is 0 Å². The Morgan fingerprint density at radius 3 is 2.48 bits per heavy atom. The number of ether oxygens (including phenoxy) is 1. The fourth-order valence-electron chi connectivity index (χ4n) is 3.32. The van der Waals surface area contributed by atoms with Gasteiger partial charge in [0.2, 0.25) is 5.91 Å². The number of carbonyl (C=O) groups excluding carboxylic acids is 2. The zero-order chi connectivity index (χ0) is 17.6. The number of hydrogen-bond acceptors (Lipinski definition) is 3. The third-order valence-electron chi connectivity index (χ3n) is 5.05. The molecule has 0 unspecified atom stereocenters. The van der Waals surface area contributed by atoms with E-state index in [1.54, 1.807) is 0 Å². The minimum absolute atomic E-state index is 0.0498. The molecule has 5 nitrogen and oxygen atoms in total. The Morgan fingerprint density at radius 1 is 1.16 bits per heavy atom. The molecule has 1 N–H and O–H groups in total. The number of carbonyl (C=O) groups is 2. The van der Waals surface area contributed by atoms with Gasteiger partial charge >= 0.3 is 0 Å². The van der Waals surface area contributed by atoms with E-state index < -0.39 is 6.10 Å². The van der Waals surface area contributed by atoms with E-state index in [4.69, 9.17) is 4.74 Å². The predicted octanol–water partition coefficient (Wildman–Crippen LogP) is 2.75. The molecule has 136 valence electrons. The van der Waals surface area contributed by atoms with E-state index in [1.165, 1.54) is 0 Å². The SMILES string of the molecule is C[C@@H](Oc1ccccc1)C(=O)N1CCC(CCC(=O)NC2CC2)CC1. The van der Waals surface area contributed by atoms with E-state index in [9.17, 15) is 9.59 Å². The molecule has 1 saturated heterocycles. The Morgan fingerprint density at radius 2 is 1.84 bits per heavy atom. The number of likely N-dealkylation sites (tertiary alicyclic amines) is 1. The van der Waals surface area contributed by atoms with Crippen LogP contribution in [-0.2, 0) is 9.59 Å². The zero-order valence-corrected chi connectivity index (χ0v) is 14.9. The van der Waals surface area contributed by atoms with Gasteiger partial charge in [0, 0.05) is 25.6 Å². The first-order valence-electron chi connectivity index (χ1n) is 9.41. The van der Waals surface area contributed by atoms with Gasteiger partial charge in [-0.3, -0.25) is 9.59 Å². The van der Waals surface area contributed by atoms with Crippen LogP contribution >= 0.6 is 0 Å². The first-order chi connectivity index (χ1) is 12.1. The van der Waals surface area contributed by atoms with Crippen molar-refractivity contribution in [3.05, 3.63) is 30.3 Å². The van der Waals surface area contributed by atoms with E-state index >= 15 is 0 Å². The summed E-state index contributed by atoms with van der Waals surface area (Å²) in [5.74, 6) is 1.50. The maximum Gasteiger partial charge on any atom is 0.263 e. The van der Waals surface area contributed by atoms with Crippen molar-refractivity contribution in [2.45, 2.75) is 57.6 Å². The molecule has 0 bridgehead atoms. The maximum atomic E-state index is 12.5. The molecular formula is C20H28N2O3. The lowest BCUT2D eigenvalue weighted by atomic mass is 9.92. The quantitative estimate of drug-likeness (QED) is 0.827. The van der Waals surface area contributed by atoms with Crippen molar-refractivity contribution < 1.29 is 14.3 Å². The molecule has 3 rings (SSSR count). The molecule has 1 aromatic carbocycles. The summed E-state index contributed by atoms with van der Waals surface area (Å²) in [7, 11) is 0. The minimum Gasteiger partial charge on any atom is -0.481 e. The summed E-state index contributed by atoms with van der Waals surface area (Å²) in [5, 5.41) is 3.04. The average Bonchev–Trinajstić information content (AvgIpc) is 3.44. The van der Waals surface area contributed by atoms with E-state index in [0.29, 0.717) is 18.4 Å². The highest BCUT2D eigenvalue weighted by molar-refractivity contribution is 5.81. The van der Waals surface area contributed by atoms with E-state index in [0.717, 1.165) is 50.9 Å². The number of benzene rings is 1. The Hall–Kier alpha value is -2.04.